The van der Waals surface area contributed by atoms with E-state index in [1.165, 1.54) is 12.1 Å². The molecule has 0 amide bonds. The number of piperazine rings is 1. The van der Waals surface area contributed by atoms with Gasteiger partial charge in [0.2, 0.25) is 0 Å². The third kappa shape index (κ3) is 3.36. The minimum absolute atomic E-state index is 0. The average molecular weight is 368 g/mol. The van der Waals surface area contributed by atoms with Crippen molar-refractivity contribution in [3.05, 3.63) is 33.8 Å². The van der Waals surface area contributed by atoms with Crippen LogP contribution in [0.5, 0.6) is 0 Å². The van der Waals surface area contributed by atoms with Gasteiger partial charge in [0.15, 0.2) is 5.82 Å². The Balaban J connectivity index is 0.00000176. The molecule has 0 bridgehead atoms. The van der Waals surface area contributed by atoms with Crippen LogP contribution in [0.2, 0.25) is 10.0 Å². The summed E-state index contributed by atoms with van der Waals surface area (Å²) in [5, 5.41) is 7.48. The van der Waals surface area contributed by atoms with Gasteiger partial charge in [0, 0.05) is 19.6 Å². The molecule has 2 heterocycles. The minimum atomic E-state index is -0.577. The maximum absolute atomic E-state index is 13.6. The van der Waals surface area contributed by atoms with Crippen LogP contribution in [-0.2, 0) is 0 Å². The van der Waals surface area contributed by atoms with Gasteiger partial charge in [0.05, 0.1) is 21.7 Å². The van der Waals surface area contributed by atoms with Gasteiger partial charge in [0.25, 0.3) is 5.89 Å². The first-order valence-corrected chi connectivity index (χ1v) is 7.21. The van der Waals surface area contributed by atoms with Gasteiger partial charge in [0.1, 0.15) is 5.82 Å². The predicted molar refractivity (Wildman–Crippen MR) is 85.2 cm³/mol. The highest BCUT2D eigenvalue weighted by atomic mass is 35.5. The molecule has 1 saturated heterocycles. The summed E-state index contributed by atoms with van der Waals surface area (Å²) in [6.07, 6.45) is 0. The zero-order chi connectivity index (χ0) is 15.0. The highest BCUT2D eigenvalue weighted by Crippen LogP contribution is 2.32. The molecule has 1 aromatic carbocycles. The molecule has 1 fully saturated rings. The van der Waals surface area contributed by atoms with Gasteiger partial charge >= 0.3 is 0 Å². The second-order valence-electron chi connectivity index (χ2n) is 4.90. The van der Waals surface area contributed by atoms with Gasteiger partial charge in [-0.15, -0.1) is 12.4 Å². The van der Waals surface area contributed by atoms with Gasteiger partial charge in [-0.05, 0) is 19.2 Å². The Hall–Kier alpha value is -0.920. The first-order chi connectivity index (χ1) is 10.1. The molecule has 5 nitrogen and oxygen atoms in total. The fourth-order valence-corrected chi connectivity index (χ4v) is 2.72. The van der Waals surface area contributed by atoms with Gasteiger partial charge in [-0.1, -0.05) is 28.4 Å². The van der Waals surface area contributed by atoms with E-state index in [0.29, 0.717) is 11.4 Å². The van der Waals surface area contributed by atoms with Crippen molar-refractivity contribution in [3.8, 4) is 11.5 Å². The predicted octanol–water partition coefficient (Wildman–Crippen LogP) is 3.18. The second-order valence-corrected chi connectivity index (χ2v) is 5.72. The Morgan fingerprint density at radius 2 is 2.14 bits per heavy atom. The molecule has 0 spiro atoms. The summed E-state index contributed by atoms with van der Waals surface area (Å²) >= 11 is 11.7. The molecule has 1 atom stereocenters. The van der Waals surface area contributed by atoms with Crippen LogP contribution in [0.1, 0.15) is 11.9 Å². The molecule has 1 aromatic heterocycles. The fourth-order valence-electron chi connectivity index (χ4n) is 2.26. The number of aromatic nitrogens is 2. The number of rotatable bonds is 2. The van der Waals surface area contributed by atoms with Crippen LogP contribution < -0.4 is 5.32 Å². The van der Waals surface area contributed by atoms with Crippen molar-refractivity contribution in [3.63, 3.8) is 0 Å². The van der Waals surface area contributed by atoms with Crippen LogP contribution in [0.15, 0.2) is 16.7 Å². The van der Waals surface area contributed by atoms with E-state index in [-0.39, 0.29) is 34.4 Å². The van der Waals surface area contributed by atoms with Crippen molar-refractivity contribution in [2.24, 2.45) is 0 Å². The van der Waals surface area contributed by atoms with Gasteiger partial charge < -0.3 is 9.84 Å². The molecular weight excluding hydrogens is 354 g/mol. The van der Waals surface area contributed by atoms with Crippen molar-refractivity contribution in [2.75, 3.05) is 26.7 Å². The van der Waals surface area contributed by atoms with E-state index in [2.05, 4.69) is 20.4 Å². The maximum Gasteiger partial charge on any atom is 0.259 e. The molecular formula is C13H14Cl3FN4O. The first-order valence-electron chi connectivity index (χ1n) is 6.45. The number of benzene rings is 1. The molecule has 1 aliphatic heterocycles. The molecule has 0 saturated carbocycles. The Morgan fingerprint density at radius 1 is 1.36 bits per heavy atom. The molecule has 2 aromatic rings. The third-order valence-corrected chi connectivity index (χ3v) is 4.09. The first kappa shape index (κ1) is 17.4. The lowest BCUT2D eigenvalue weighted by Crippen LogP contribution is -2.44. The van der Waals surface area contributed by atoms with Crippen molar-refractivity contribution in [1.82, 2.24) is 20.4 Å². The summed E-state index contributed by atoms with van der Waals surface area (Å²) in [7, 11) is 2.00. The molecule has 22 heavy (non-hydrogen) atoms. The third-order valence-electron chi connectivity index (χ3n) is 3.49. The average Bonchev–Trinajstić information content (AvgIpc) is 2.92. The van der Waals surface area contributed by atoms with Gasteiger partial charge in [-0.2, -0.15) is 4.98 Å². The Morgan fingerprint density at radius 3 is 2.86 bits per heavy atom. The SMILES string of the molecule is CN1CCNCC1c1noc(-c2cc(F)c(Cl)cc2Cl)n1.Cl. The molecule has 9 heteroatoms. The highest BCUT2D eigenvalue weighted by Gasteiger charge is 2.26. The summed E-state index contributed by atoms with van der Waals surface area (Å²) in [5.41, 5.74) is 0.337. The van der Waals surface area contributed by atoms with Crippen molar-refractivity contribution < 1.29 is 8.91 Å². The Bertz CT molecular complexity index is 667. The number of likely N-dealkylation sites (N-methyl/N-ethyl adjacent to an activating group) is 1. The van der Waals surface area contributed by atoms with Crippen molar-refractivity contribution in [1.29, 1.82) is 0 Å². The minimum Gasteiger partial charge on any atom is -0.334 e. The van der Waals surface area contributed by atoms with Crippen LogP contribution in [0.4, 0.5) is 4.39 Å². The van der Waals surface area contributed by atoms with E-state index in [1.54, 1.807) is 0 Å². The summed E-state index contributed by atoms with van der Waals surface area (Å²) in [4.78, 5) is 6.47. The van der Waals surface area contributed by atoms with Gasteiger partial charge in [-0.25, -0.2) is 4.39 Å². The zero-order valence-electron chi connectivity index (χ0n) is 11.6. The number of hydrogen-bond acceptors (Lipinski definition) is 5. The normalized spacial score (nSPS) is 19.0. The molecule has 0 aliphatic carbocycles. The monoisotopic (exact) mass is 366 g/mol. The van der Waals surface area contributed by atoms with Crippen LogP contribution >= 0.6 is 35.6 Å². The van der Waals surface area contributed by atoms with Crippen molar-refractivity contribution >= 4 is 35.6 Å². The summed E-state index contributed by atoms with van der Waals surface area (Å²) in [5.74, 6) is 0.155. The van der Waals surface area contributed by atoms with Crippen LogP contribution in [0, 0.1) is 5.82 Å². The summed E-state index contributed by atoms with van der Waals surface area (Å²) in [6.45, 7) is 2.55. The van der Waals surface area contributed by atoms with E-state index in [1.807, 2.05) is 7.05 Å². The number of halogens is 4. The zero-order valence-corrected chi connectivity index (χ0v) is 14.0. The topological polar surface area (TPSA) is 54.2 Å². The number of hydrogen-bond donors (Lipinski definition) is 1. The lowest BCUT2D eigenvalue weighted by molar-refractivity contribution is 0.190. The van der Waals surface area contributed by atoms with E-state index in [9.17, 15) is 4.39 Å². The highest BCUT2D eigenvalue weighted by molar-refractivity contribution is 6.36. The van der Waals surface area contributed by atoms with Crippen molar-refractivity contribution in [2.45, 2.75) is 6.04 Å². The lowest BCUT2D eigenvalue weighted by atomic mass is 10.2. The van der Waals surface area contributed by atoms with E-state index in [4.69, 9.17) is 27.7 Å². The second kappa shape index (κ2) is 7.10. The van der Waals surface area contributed by atoms with E-state index in [0.717, 1.165) is 19.6 Å². The molecule has 0 radical (unpaired) electrons. The van der Waals surface area contributed by atoms with Crippen LogP contribution in [0.3, 0.4) is 0 Å². The quantitative estimate of drug-likeness (QED) is 0.826. The molecule has 1 N–H and O–H groups in total. The Labute approximate surface area is 143 Å². The fraction of sp³-hybridized carbons (Fsp3) is 0.385. The Kier molecular flexibility index (Phi) is 5.63. The smallest absolute Gasteiger partial charge is 0.259 e. The van der Waals surface area contributed by atoms with Gasteiger partial charge in [-0.3, -0.25) is 4.90 Å². The standard InChI is InChI=1S/C13H13Cl2FN4O.ClH/c1-20-3-2-17-6-11(20)12-18-13(21-19-12)7-4-10(16)9(15)5-8(7)14;/h4-5,11,17H,2-3,6H2,1H3;1H. The summed E-state index contributed by atoms with van der Waals surface area (Å²) < 4.78 is 18.8. The van der Waals surface area contributed by atoms with Crippen LogP contribution in [0.25, 0.3) is 11.5 Å². The number of nitrogens with one attached hydrogen (secondary N) is 1. The van der Waals surface area contributed by atoms with Crippen LogP contribution in [-0.4, -0.2) is 41.7 Å². The number of nitrogens with zero attached hydrogens (tertiary/aromatic N) is 3. The summed E-state index contributed by atoms with van der Waals surface area (Å²) in [6, 6.07) is 2.55. The maximum atomic E-state index is 13.6. The molecule has 3 rings (SSSR count). The van der Waals surface area contributed by atoms with E-state index >= 15 is 0 Å². The van der Waals surface area contributed by atoms with E-state index < -0.39 is 5.82 Å². The molecule has 1 aliphatic rings. The largest absolute Gasteiger partial charge is 0.334 e. The lowest BCUT2D eigenvalue weighted by Gasteiger charge is -2.30. The molecule has 120 valence electrons. The molecule has 1 unspecified atom stereocenters.